The molecule has 106 valence electrons. The van der Waals surface area contributed by atoms with E-state index in [1.165, 1.54) is 32.1 Å². The van der Waals surface area contributed by atoms with Crippen LogP contribution >= 0.6 is 0 Å². The molecule has 1 aliphatic rings. The van der Waals surface area contributed by atoms with E-state index in [0.29, 0.717) is 0 Å². The molecule has 0 aliphatic carbocycles. The molecule has 3 heteroatoms. The maximum Gasteiger partial charge on any atom is 0.146 e. The molecule has 0 unspecified atom stereocenters. The summed E-state index contributed by atoms with van der Waals surface area (Å²) in [6, 6.07) is 5.44. The van der Waals surface area contributed by atoms with E-state index < -0.39 is 0 Å². The van der Waals surface area contributed by atoms with Crippen LogP contribution in [0, 0.1) is 5.82 Å². The summed E-state index contributed by atoms with van der Waals surface area (Å²) in [7, 11) is 0. The van der Waals surface area contributed by atoms with Crippen molar-refractivity contribution in [1.82, 2.24) is 5.32 Å². The lowest BCUT2D eigenvalue weighted by Gasteiger charge is -2.29. The van der Waals surface area contributed by atoms with Crippen LogP contribution in [0.15, 0.2) is 18.2 Å². The Bertz CT molecular complexity index is 384. The van der Waals surface area contributed by atoms with Crippen LogP contribution in [-0.4, -0.2) is 19.6 Å². The number of hydrogen-bond acceptors (Lipinski definition) is 2. The van der Waals surface area contributed by atoms with Crippen molar-refractivity contribution in [2.75, 3.05) is 24.5 Å². The fraction of sp³-hybridized carbons (Fsp3) is 0.625. The van der Waals surface area contributed by atoms with E-state index in [1.807, 2.05) is 12.1 Å². The summed E-state index contributed by atoms with van der Waals surface area (Å²) in [6.07, 6.45) is 6.22. The van der Waals surface area contributed by atoms with Gasteiger partial charge in [0.05, 0.1) is 5.69 Å². The second-order valence-corrected chi connectivity index (χ2v) is 5.28. The lowest BCUT2D eigenvalue weighted by atomic mass is 10.1. The third kappa shape index (κ3) is 3.93. The molecule has 1 saturated heterocycles. The fourth-order valence-electron chi connectivity index (χ4n) is 2.79. The van der Waals surface area contributed by atoms with Gasteiger partial charge in [-0.15, -0.1) is 0 Å². The Kier molecular flexibility index (Phi) is 5.64. The van der Waals surface area contributed by atoms with E-state index in [4.69, 9.17) is 0 Å². The number of para-hydroxylation sites is 1. The number of nitrogens with one attached hydrogen (secondary N) is 1. The molecule has 19 heavy (non-hydrogen) atoms. The number of hydrogen-bond donors (Lipinski definition) is 1. The molecule has 0 saturated carbocycles. The van der Waals surface area contributed by atoms with Gasteiger partial charge in [-0.05, 0) is 31.0 Å². The maximum atomic E-state index is 14.2. The van der Waals surface area contributed by atoms with Crippen LogP contribution in [0.4, 0.5) is 10.1 Å². The van der Waals surface area contributed by atoms with Crippen molar-refractivity contribution < 1.29 is 4.39 Å². The molecule has 0 aromatic heterocycles. The number of anilines is 1. The Morgan fingerprint density at radius 2 is 1.79 bits per heavy atom. The normalized spacial score (nSPS) is 17.1. The second kappa shape index (κ2) is 7.49. The Balaban J connectivity index is 2.19. The summed E-state index contributed by atoms with van der Waals surface area (Å²) in [6.45, 7) is 5.71. The topological polar surface area (TPSA) is 15.3 Å². The van der Waals surface area contributed by atoms with Crippen LogP contribution in [0.3, 0.4) is 0 Å². The number of halogens is 1. The predicted molar refractivity (Wildman–Crippen MR) is 79.1 cm³/mol. The summed E-state index contributed by atoms with van der Waals surface area (Å²) in [5, 5.41) is 3.31. The van der Waals surface area contributed by atoms with Crippen LogP contribution < -0.4 is 10.2 Å². The predicted octanol–water partition coefficient (Wildman–Crippen LogP) is 3.71. The third-order valence-corrected chi connectivity index (χ3v) is 3.81. The number of rotatable bonds is 4. The van der Waals surface area contributed by atoms with E-state index >= 15 is 0 Å². The van der Waals surface area contributed by atoms with Gasteiger partial charge in [-0.1, -0.05) is 38.3 Å². The lowest BCUT2D eigenvalue weighted by molar-refractivity contribution is 0.542. The summed E-state index contributed by atoms with van der Waals surface area (Å²) < 4.78 is 14.2. The first-order valence-electron chi connectivity index (χ1n) is 7.56. The molecule has 1 aromatic rings. The van der Waals surface area contributed by atoms with E-state index in [1.54, 1.807) is 6.07 Å². The van der Waals surface area contributed by atoms with Crippen molar-refractivity contribution in [2.45, 2.75) is 45.6 Å². The standard InChI is InChI=1S/C16H25FN2/c1-2-18-13-14-9-8-10-15(17)16(14)19-11-6-4-3-5-7-12-19/h8-10,18H,2-7,11-13H2,1H3. The average Bonchev–Trinajstić information content (AvgIpc) is 2.37. The number of nitrogens with zero attached hydrogens (tertiary/aromatic N) is 1. The van der Waals surface area contributed by atoms with Crippen molar-refractivity contribution in [2.24, 2.45) is 0 Å². The van der Waals surface area contributed by atoms with Crippen molar-refractivity contribution in [3.05, 3.63) is 29.6 Å². The van der Waals surface area contributed by atoms with E-state index in [-0.39, 0.29) is 5.82 Å². The van der Waals surface area contributed by atoms with Gasteiger partial charge < -0.3 is 10.2 Å². The SMILES string of the molecule is CCNCc1cccc(F)c1N1CCCCCCC1. The third-order valence-electron chi connectivity index (χ3n) is 3.81. The van der Waals surface area contributed by atoms with Gasteiger partial charge in [0.1, 0.15) is 5.82 Å². The molecule has 1 fully saturated rings. The van der Waals surface area contributed by atoms with Crippen molar-refractivity contribution >= 4 is 5.69 Å². The molecule has 1 aliphatic heterocycles. The molecule has 1 aromatic carbocycles. The van der Waals surface area contributed by atoms with E-state index in [0.717, 1.165) is 37.4 Å². The summed E-state index contributed by atoms with van der Waals surface area (Å²) in [5.74, 6) is -0.0732. The molecule has 1 heterocycles. The zero-order chi connectivity index (χ0) is 13.5. The molecule has 2 nitrogen and oxygen atoms in total. The van der Waals surface area contributed by atoms with Gasteiger partial charge in [0.15, 0.2) is 0 Å². The molecular formula is C16H25FN2. The zero-order valence-electron chi connectivity index (χ0n) is 11.9. The number of benzene rings is 1. The summed E-state index contributed by atoms with van der Waals surface area (Å²) in [5.41, 5.74) is 1.91. The highest BCUT2D eigenvalue weighted by Crippen LogP contribution is 2.26. The molecule has 0 radical (unpaired) electrons. The van der Waals surface area contributed by atoms with Crippen molar-refractivity contribution in [3.63, 3.8) is 0 Å². The lowest BCUT2D eigenvalue weighted by Crippen LogP contribution is -2.29. The van der Waals surface area contributed by atoms with Crippen LogP contribution in [0.5, 0.6) is 0 Å². The largest absolute Gasteiger partial charge is 0.369 e. The van der Waals surface area contributed by atoms with Crippen LogP contribution in [0.2, 0.25) is 0 Å². The maximum absolute atomic E-state index is 14.2. The Labute approximate surface area is 116 Å². The highest BCUT2D eigenvalue weighted by molar-refractivity contribution is 5.55. The Morgan fingerprint density at radius 3 is 2.47 bits per heavy atom. The van der Waals surface area contributed by atoms with Crippen LogP contribution in [0.1, 0.15) is 44.6 Å². The van der Waals surface area contributed by atoms with Crippen LogP contribution in [0.25, 0.3) is 0 Å². The van der Waals surface area contributed by atoms with Gasteiger partial charge >= 0.3 is 0 Å². The summed E-state index contributed by atoms with van der Waals surface area (Å²) in [4.78, 5) is 2.25. The molecule has 2 rings (SSSR count). The minimum Gasteiger partial charge on any atom is -0.369 e. The quantitative estimate of drug-likeness (QED) is 0.892. The first-order chi connectivity index (χ1) is 9.33. The highest BCUT2D eigenvalue weighted by Gasteiger charge is 2.16. The fourth-order valence-corrected chi connectivity index (χ4v) is 2.79. The minimum absolute atomic E-state index is 0.0732. The van der Waals surface area contributed by atoms with Gasteiger partial charge in [-0.3, -0.25) is 0 Å². The van der Waals surface area contributed by atoms with E-state index in [9.17, 15) is 4.39 Å². The Morgan fingerprint density at radius 1 is 1.11 bits per heavy atom. The first kappa shape index (κ1) is 14.3. The first-order valence-corrected chi connectivity index (χ1v) is 7.56. The second-order valence-electron chi connectivity index (χ2n) is 5.28. The highest BCUT2D eigenvalue weighted by atomic mass is 19.1. The van der Waals surface area contributed by atoms with Crippen molar-refractivity contribution in [3.8, 4) is 0 Å². The Hall–Kier alpha value is -1.09. The molecule has 0 amide bonds. The summed E-state index contributed by atoms with van der Waals surface area (Å²) >= 11 is 0. The van der Waals surface area contributed by atoms with Gasteiger partial charge in [0, 0.05) is 19.6 Å². The zero-order valence-corrected chi connectivity index (χ0v) is 11.9. The minimum atomic E-state index is -0.0732. The molecular weight excluding hydrogens is 239 g/mol. The van der Waals surface area contributed by atoms with E-state index in [2.05, 4.69) is 17.1 Å². The molecule has 0 bridgehead atoms. The molecule has 1 N–H and O–H groups in total. The molecule has 0 spiro atoms. The average molecular weight is 264 g/mol. The van der Waals surface area contributed by atoms with Crippen molar-refractivity contribution in [1.29, 1.82) is 0 Å². The smallest absolute Gasteiger partial charge is 0.146 e. The van der Waals surface area contributed by atoms with Gasteiger partial charge in [0.2, 0.25) is 0 Å². The van der Waals surface area contributed by atoms with Gasteiger partial charge in [0.25, 0.3) is 0 Å². The monoisotopic (exact) mass is 264 g/mol. The van der Waals surface area contributed by atoms with Gasteiger partial charge in [-0.25, -0.2) is 4.39 Å². The van der Waals surface area contributed by atoms with Gasteiger partial charge in [-0.2, -0.15) is 0 Å². The molecule has 0 atom stereocenters. The van der Waals surface area contributed by atoms with Crippen LogP contribution in [-0.2, 0) is 6.54 Å².